The first-order valence-electron chi connectivity index (χ1n) is 9.70. The van der Waals surface area contributed by atoms with Crippen molar-refractivity contribution in [3.63, 3.8) is 0 Å². The molecule has 0 amide bonds. The van der Waals surface area contributed by atoms with E-state index in [-0.39, 0.29) is 0 Å². The molecule has 4 rings (SSSR count). The fourth-order valence-electron chi connectivity index (χ4n) is 4.10. The molecule has 4 aromatic carbocycles. The monoisotopic (exact) mass is 472 g/mol. The van der Waals surface area contributed by atoms with Crippen molar-refractivity contribution >= 4 is 29.1 Å². The van der Waals surface area contributed by atoms with E-state index in [2.05, 4.69) is 91.0 Å². The zero-order valence-electron chi connectivity index (χ0n) is 15.8. The second-order valence-electron chi connectivity index (χ2n) is 7.13. The molecule has 0 aliphatic heterocycles. The van der Waals surface area contributed by atoms with Crippen molar-refractivity contribution in [2.24, 2.45) is 0 Å². The van der Waals surface area contributed by atoms with Crippen molar-refractivity contribution in [2.45, 2.75) is 10.5 Å². The second-order valence-corrected chi connectivity index (χ2v) is 18.4. The van der Waals surface area contributed by atoms with Crippen LogP contribution in [0.4, 0.5) is 0 Å². The van der Waals surface area contributed by atoms with Gasteiger partial charge in [-0.05, 0) is 0 Å². The Morgan fingerprint density at radius 1 is 0.500 bits per heavy atom. The van der Waals surface area contributed by atoms with Crippen LogP contribution in [0.2, 0.25) is 4.44 Å². The molecule has 0 aliphatic carbocycles. The molecule has 0 aromatic heterocycles. The molecule has 0 heterocycles. The molecule has 0 aliphatic rings. The second kappa shape index (κ2) is 8.76. The summed E-state index contributed by atoms with van der Waals surface area (Å²) in [5, 5.41) is 11.3. The first kappa shape index (κ1) is 19.0. The third kappa shape index (κ3) is 3.78. The minimum atomic E-state index is -3.43. The van der Waals surface area contributed by atoms with Crippen LogP contribution in [-0.2, 0) is 0 Å². The molecule has 0 spiro atoms. The summed E-state index contributed by atoms with van der Waals surface area (Å²) in [5.41, 5.74) is 0.992. The van der Waals surface area contributed by atoms with Crippen LogP contribution in [0.3, 0.4) is 0 Å². The van der Waals surface area contributed by atoms with Crippen molar-refractivity contribution in [1.82, 2.24) is 0 Å². The molecule has 1 N–H and O–H groups in total. The van der Waals surface area contributed by atoms with E-state index in [4.69, 9.17) is 0 Å². The predicted octanol–water partition coefficient (Wildman–Crippen LogP) is 3.89. The first-order valence-corrected chi connectivity index (χ1v) is 16.0. The maximum absolute atomic E-state index is 11.3. The zero-order chi connectivity index (χ0) is 19.2. The summed E-state index contributed by atoms with van der Waals surface area (Å²) in [7, 11) is 0. The van der Waals surface area contributed by atoms with E-state index in [0.29, 0.717) is 0 Å². The first-order chi connectivity index (χ1) is 13.8. The Kier molecular flexibility index (Phi) is 5.94. The van der Waals surface area contributed by atoms with E-state index in [1.54, 1.807) is 0 Å². The minimum absolute atomic E-state index is 0.488. The molecule has 4 aromatic rings. The predicted molar refractivity (Wildman–Crippen MR) is 120 cm³/mol. The van der Waals surface area contributed by atoms with Gasteiger partial charge in [0.15, 0.2) is 0 Å². The summed E-state index contributed by atoms with van der Waals surface area (Å²) < 4.78 is 4.95. The Morgan fingerprint density at radius 3 is 1.18 bits per heavy atom. The van der Waals surface area contributed by atoms with Gasteiger partial charge in [0.05, 0.1) is 0 Å². The standard InChI is InChI=1S/C8H9O.3C6H5.Sn/c1-7(9)8-5-3-2-4-6-8;3*1-2-4-6-5-3-1;/h2-7,9H,1H2;3*1-5H;. The third-order valence-electron chi connectivity index (χ3n) is 5.48. The van der Waals surface area contributed by atoms with Crippen LogP contribution in [-0.4, -0.2) is 23.5 Å². The van der Waals surface area contributed by atoms with Gasteiger partial charge in [-0.3, -0.25) is 0 Å². The van der Waals surface area contributed by atoms with Gasteiger partial charge in [0.25, 0.3) is 0 Å². The van der Waals surface area contributed by atoms with E-state index in [0.717, 1.165) is 10.0 Å². The summed E-state index contributed by atoms with van der Waals surface area (Å²) in [6, 6.07) is 42.6. The maximum atomic E-state index is 11.3. The van der Waals surface area contributed by atoms with Crippen molar-refractivity contribution in [3.8, 4) is 0 Å². The fraction of sp³-hybridized carbons (Fsp3) is 0.0769. The number of aliphatic hydroxyl groups is 1. The van der Waals surface area contributed by atoms with Gasteiger partial charge in [0.2, 0.25) is 0 Å². The van der Waals surface area contributed by atoms with Gasteiger partial charge in [-0.15, -0.1) is 0 Å². The molecule has 0 saturated carbocycles. The van der Waals surface area contributed by atoms with E-state index >= 15 is 0 Å². The quantitative estimate of drug-likeness (QED) is 0.424. The Bertz CT molecular complexity index is 889. The van der Waals surface area contributed by atoms with Crippen molar-refractivity contribution in [3.05, 3.63) is 127 Å². The average molecular weight is 471 g/mol. The summed E-state index contributed by atoms with van der Waals surface area (Å²) >= 11 is -3.43. The van der Waals surface area contributed by atoms with Crippen LogP contribution < -0.4 is 10.7 Å². The van der Waals surface area contributed by atoms with Crippen molar-refractivity contribution in [1.29, 1.82) is 0 Å². The van der Waals surface area contributed by atoms with E-state index in [1.165, 1.54) is 10.7 Å². The molecule has 2 heteroatoms. The van der Waals surface area contributed by atoms with E-state index in [9.17, 15) is 5.11 Å². The van der Waals surface area contributed by atoms with Crippen molar-refractivity contribution in [2.75, 3.05) is 0 Å². The molecule has 1 nitrogen and oxygen atoms in total. The van der Waals surface area contributed by atoms with Crippen LogP contribution in [0, 0.1) is 0 Å². The third-order valence-corrected chi connectivity index (χ3v) is 19.6. The summed E-state index contributed by atoms with van der Waals surface area (Å²) in [4.78, 5) is 0. The molecular weight excluding hydrogens is 447 g/mol. The molecule has 0 bridgehead atoms. The molecule has 28 heavy (non-hydrogen) atoms. The fourth-order valence-corrected chi connectivity index (χ4v) is 17.8. The van der Waals surface area contributed by atoms with Crippen LogP contribution >= 0.6 is 0 Å². The van der Waals surface area contributed by atoms with Crippen LogP contribution in [0.25, 0.3) is 0 Å². The summed E-state index contributed by atoms with van der Waals surface area (Å²) in [5.74, 6) is 0. The van der Waals surface area contributed by atoms with Gasteiger partial charge in [0.1, 0.15) is 0 Å². The average Bonchev–Trinajstić information content (AvgIpc) is 2.80. The van der Waals surface area contributed by atoms with Crippen LogP contribution in [0.15, 0.2) is 121 Å². The molecular formula is C26H24OSn. The summed E-state index contributed by atoms with van der Waals surface area (Å²) in [6.07, 6.45) is -0.488. The number of hydrogen-bond donors (Lipinski definition) is 1. The molecule has 1 unspecified atom stereocenters. The normalized spacial score (nSPS) is 12.5. The molecule has 0 radical (unpaired) electrons. The van der Waals surface area contributed by atoms with E-state index < -0.39 is 24.5 Å². The number of aliphatic hydroxyl groups excluding tert-OH is 1. The number of rotatable bonds is 6. The Morgan fingerprint density at radius 2 is 0.821 bits per heavy atom. The van der Waals surface area contributed by atoms with E-state index in [1.807, 2.05) is 30.3 Å². The van der Waals surface area contributed by atoms with Gasteiger partial charge in [-0.25, -0.2) is 0 Å². The van der Waals surface area contributed by atoms with Crippen LogP contribution in [0.1, 0.15) is 11.7 Å². The Hall–Kier alpha value is -2.36. The van der Waals surface area contributed by atoms with Gasteiger partial charge in [-0.1, -0.05) is 0 Å². The topological polar surface area (TPSA) is 20.2 Å². The Balaban J connectivity index is 1.93. The van der Waals surface area contributed by atoms with Gasteiger partial charge < -0.3 is 0 Å². The molecule has 1 atom stereocenters. The number of hydrogen-bond acceptors (Lipinski definition) is 1. The van der Waals surface area contributed by atoms with Crippen molar-refractivity contribution < 1.29 is 5.11 Å². The molecule has 0 fully saturated rings. The summed E-state index contributed by atoms with van der Waals surface area (Å²) in [6.45, 7) is 0. The molecule has 0 saturated heterocycles. The van der Waals surface area contributed by atoms with Gasteiger partial charge in [0, 0.05) is 0 Å². The zero-order valence-corrected chi connectivity index (χ0v) is 18.6. The SMILES string of the molecule is OC([CH2][Sn]([c]1ccccc1)([c]1ccccc1)[c]1ccccc1)c1ccccc1. The molecule has 138 valence electrons. The Labute approximate surface area is 171 Å². The van der Waals surface area contributed by atoms with Crippen LogP contribution in [0.5, 0.6) is 0 Å². The number of benzene rings is 4. The van der Waals surface area contributed by atoms with Gasteiger partial charge in [-0.2, -0.15) is 0 Å². The van der Waals surface area contributed by atoms with Gasteiger partial charge >= 0.3 is 172 Å².